The van der Waals surface area contributed by atoms with E-state index in [2.05, 4.69) is 0 Å². The molecule has 1 aliphatic heterocycles. The van der Waals surface area contributed by atoms with Gasteiger partial charge in [-0.05, 0) is 54.1 Å². The van der Waals surface area contributed by atoms with Crippen LogP contribution in [0.5, 0.6) is 11.5 Å². The van der Waals surface area contributed by atoms with Crippen molar-refractivity contribution in [3.05, 3.63) is 103 Å². The third-order valence-electron chi connectivity index (χ3n) is 6.27. The maximum Gasteiger partial charge on any atom is 0.282 e. The first-order valence-corrected chi connectivity index (χ1v) is 13.3. The molecule has 1 aliphatic rings. The molecular formula is C29H26N2O6S. The molecule has 0 fully saturated rings. The Morgan fingerprint density at radius 3 is 2.08 bits per heavy atom. The van der Waals surface area contributed by atoms with Crippen LogP contribution in [0.15, 0.2) is 102 Å². The standard InChI is InChI=1S/C29H26N2O6S/c1-35-23-13-15-24(16-14-23)38(33,34)31-25-17-18-26(36-2)27(21-9-5-3-6-10-21)28(25)29(37-20-19-32)30(31)22-11-7-4-8-12-22/h3-19,29H,20H2,1-2H3. The number of rotatable bonds is 9. The zero-order chi connectivity index (χ0) is 26.7. The third kappa shape index (κ3) is 4.36. The highest BCUT2D eigenvalue weighted by molar-refractivity contribution is 7.93. The molecule has 0 N–H and O–H groups in total. The smallest absolute Gasteiger partial charge is 0.282 e. The number of fused-ring (bicyclic) bond motifs is 1. The van der Waals surface area contributed by atoms with Crippen molar-refractivity contribution in [2.75, 3.05) is 30.2 Å². The quantitative estimate of drug-likeness (QED) is 0.275. The molecule has 0 aromatic heterocycles. The lowest BCUT2D eigenvalue weighted by Gasteiger charge is -2.34. The molecule has 1 atom stereocenters. The van der Waals surface area contributed by atoms with Gasteiger partial charge in [0.15, 0.2) is 6.23 Å². The first kappa shape index (κ1) is 25.3. The Bertz CT molecular complexity index is 1530. The van der Waals surface area contributed by atoms with Gasteiger partial charge in [0.1, 0.15) is 24.4 Å². The molecule has 8 nitrogen and oxygen atoms in total. The molecule has 9 heteroatoms. The number of benzene rings is 4. The number of hydrazine groups is 1. The van der Waals surface area contributed by atoms with Gasteiger partial charge in [0, 0.05) is 11.1 Å². The minimum absolute atomic E-state index is 0.0679. The average molecular weight is 531 g/mol. The second kappa shape index (κ2) is 10.6. The fourth-order valence-electron chi connectivity index (χ4n) is 4.61. The molecule has 0 saturated carbocycles. The number of anilines is 2. The lowest BCUT2D eigenvalue weighted by atomic mass is 9.96. The van der Waals surface area contributed by atoms with Crippen LogP contribution in [0, 0.1) is 0 Å². The highest BCUT2D eigenvalue weighted by Gasteiger charge is 2.46. The third-order valence-corrected chi connectivity index (χ3v) is 7.96. The maximum atomic E-state index is 14.3. The number of nitrogens with zero attached hydrogens (tertiary/aromatic N) is 2. The fraction of sp³-hybridized carbons (Fsp3) is 0.138. The van der Waals surface area contributed by atoms with Gasteiger partial charge in [0.2, 0.25) is 0 Å². The van der Waals surface area contributed by atoms with Crippen molar-refractivity contribution in [3.8, 4) is 22.6 Å². The molecule has 0 bridgehead atoms. The molecule has 0 amide bonds. The average Bonchev–Trinajstić information content (AvgIpc) is 3.31. The summed E-state index contributed by atoms with van der Waals surface area (Å²) in [4.78, 5) is 11.5. The van der Waals surface area contributed by atoms with Crippen LogP contribution in [0.1, 0.15) is 11.8 Å². The van der Waals surface area contributed by atoms with E-state index >= 15 is 0 Å². The van der Waals surface area contributed by atoms with Crippen molar-refractivity contribution in [1.82, 2.24) is 0 Å². The summed E-state index contributed by atoms with van der Waals surface area (Å²) in [5, 5.41) is 1.56. The first-order valence-electron chi connectivity index (χ1n) is 11.9. The van der Waals surface area contributed by atoms with Gasteiger partial charge in [0.25, 0.3) is 10.0 Å². The van der Waals surface area contributed by atoms with Crippen molar-refractivity contribution >= 4 is 27.7 Å². The molecule has 0 radical (unpaired) electrons. The van der Waals surface area contributed by atoms with Crippen LogP contribution in [0.3, 0.4) is 0 Å². The molecule has 0 saturated heterocycles. The molecule has 1 unspecified atom stereocenters. The summed E-state index contributed by atoms with van der Waals surface area (Å²) in [6, 6.07) is 28.2. The predicted molar refractivity (Wildman–Crippen MR) is 145 cm³/mol. The van der Waals surface area contributed by atoms with Gasteiger partial charge in [-0.2, -0.15) is 12.8 Å². The Labute approximate surface area is 221 Å². The molecule has 4 aromatic rings. The van der Waals surface area contributed by atoms with E-state index in [0.717, 1.165) is 5.56 Å². The number of para-hydroxylation sites is 1. The summed E-state index contributed by atoms with van der Waals surface area (Å²) < 4.78 is 46.8. The van der Waals surface area contributed by atoms with Crippen LogP contribution in [-0.2, 0) is 19.6 Å². The number of ether oxygens (including phenoxy) is 3. The molecule has 4 aromatic carbocycles. The Morgan fingerprint density at radius 2 is 1.47 bits per heavy atom. The zero-order valence-electron chi connectivity index (χ0n) is 20.9. The Morgan fingerprint density at radius 1 is 0.816 bits per heavy atom. The number of sulfonamides is 1. The van der Waals surface area contributed by atoms with Gasteiger partial charge in [-0.1, -0.05) is 48.5 Å². The molecule has 5 rings (SSSR count). The number of methoxy groups -OCH3 is 2. The van der Waals surface area contributed by atoms with E-state index in [1.165, 1.54) is 23.7 Å². The second-order valence-corrected chi connectivity index (χ2v) is 10.2. The van der Waals surface area contributed by atoms with Crippen molar-refractivity contribution < 1.29 is 27.4 Å². The number of aldehydes is 1. The molecular weight excluding hydrogens is 504 g/mol. The fourth-order valence-corrected chi connectivity index (χ4v) is 6.12. The highest BCUT2D eigenvalue weighted by Crippen LogP contribution is 2.52. The zero-order valence-corrected chi connectivity index (χ0v) is 21.7. The van der Waals surface area contributed by atoms with Gasteiger partial charge < -0.3 is 19.0 Å². The highest BCUT2D eigenvalue weighted by atomic mass is 32.2. The molecule has 0 spiro atoms. The lowest BCUT2D eigenvalue weighted by Crippen LogP contribution is -2.45. The SMILES string of the molecule is COc1ccc(S(=O)(=O)N2c3ccc(OC)c(-c4ccccc4)c3C(OCC=O)N2c2ccccc2)cc1. The van der Waals surface area contributed by atoms with Crippen LogP contribution in [0.2, 0.25) is 0 Å². The molecule has 38 heavy (non-hydrogen) atoms. The monoisotopic (exact) mass is 530 g/mol. The van der Waals surface area contributed by atoms with E-state index < -0.39 is 16.3 Å². The number of carbonyl (C=O) groups excluding carboxylic acids is 1. The summed E-state index contributed by atoms with van der Waals surface area (Å²) in [6.07, 6.45) is -0.304. The minimum atomic E-state index is -4.16. The van der Waals surface area contributed by atoms with E-state index in [1.807, 2.05) is 48.5 Å². The van der Waals surface area contributed by atoms with Crippen LogP contribution in [0.4, 0.5) is 11.4 Å². The Kier molecular flexibility index (Phi) is 7.04. The Hall–Kier alpha value is -4.34. The van der Waals surface area contributed by atoms with Gasteiger partial charge in [-0.25, -0.2) is 5.01 Å². The Balaban J connectivity index is 1.81. The van der Waals surface area contributed by atoms with Gasteiger partial charge in [-0.3, -0.25) is 0 Å². The number of carbonyl (C=O) groups is 1. The summed E-state index contributed by atoms with van der Waals surface area (Å²) in [5.74, 6) is 1.08. The summed E-state index contributed by atoms with van der Waals surface area (Å²) >= 11 is 0. The molecule has 194 valence electrons. The van der Waals surface area contributed by atoms with Crippen LogP contribution in [0.25, 0.3) is 11.1 Å². The van der Waals surface area contributed by atoms with E-state index in [4.69, 9.17) is 14.2 Å². The summed E-state index contributed by atoms with van der Waals surface area (Å²) in [7, 11) is -1.08. The van der Waals surface area contributed by atoms with E-state index in [9.17, 15) is 13.2 Å². The van der Waals surface area contributed by atoms with Crippen molar-refractivity contribution in [2.24, 2.45) is 0 Å². The topological polar surface area (TPSA) is 85.4 Å². The van der Waals surface area contributed by atoms with Crippen molar-refractivity contribution in [2.45, 2.75) is 11.1 Å². The van der Waals surface area contributed by atoms with Crippen molar-refractivity contribution in [3.63, 3.8) is 0 Å². The largest absolute Gasteiger partial charge is 0.497 e. The van der Waals surface area contributed by atoms with E-state index in [-0.39, 0.29) is 11.5 Å². The molecule has 1 heterocycles. The maximum absolute atomic E-state index is 14.3. The normalized spacial score (nSPS) is 14.7. The van der Waals surface area contributed by atoms with Crippen molar-refractivity contribution in [1.29, 1.82) is 0 Å². The molecule has 0 aliphatic carbocycles. The summed E-state index contributed by atoms with van der Waals surface area (Å²) in [5.41, 5.74) is 3.01. The summed E-state index contributed by atoms with van der Waals surface area (Å²) in [6.45, 7) is -0.241. The minimum Gasteiger partial charge on any atom is -0.497 e. The van der Waals surface area contributed by atoms with Gasteiger partial charge in [-0.15, -0.1) is 0 Å². The van der Waals surface area contributed by atoms with Crippen LogP contribution >= 0.6 is 0 Å². The van der Waals surface area contributed by atoms with Crippen LogP contribution < -0.4 is 18.9 Å². The van der Waals surface area contributed by atoms with Gasteiger partial charge in [0.05, 0.1) is 30.5 Å². The number of hydrogen-bond donors (Lipinski definition) is 0. The van der Waals surface area contributed by atoms with Crippen LogP contribution in [-0.4, -0.2) is 35.5 Å². The lowest BCUT2D eigenvalue weighted by molar-refractivity contribution is -0.113. The van der Waals surface area contributed by atoms with E-state index in [0.29, 0.717) is 40.3 Å². The number of hydrogen-bond acceptors (Lipinski definition) is 7. The predicted octanol–water partition coefficient (Wildman–Crippen LogP) is 5.22. The first-order chi connectivity index (χ1) is 18.5. The second-order valence-electron chi connectivity index (χ2n) is 8.40. The van der Waals surface area contributed by atoms with Gasteiger partial charge >= 0.3 is 0 Å². The van der Waals surface area contributed by atoms with E-state index in [1.54, 1.807) is 48.5 Å².